The maximum absolute atomic E-state index is 13.3. The molecule has 1 aromatic heterocycles. The first-order valence-corrected chi connectivity index (χ1v) is 5.40. The Morgan fingerprint density at radius 3 is 2.30 bits per heavy atom. The maximum atomic E-state index is 13.3. The van der Waals surface area contributed by atoms with Gasteiger partial charge in [-0.3, -0.25) is 14.9 Å². The molecule has 102 valence electrons. The molecular formula is C12H8F2N4O2. The van der Waals surface area contributed by atoms with Gasteiger partial charge in [0.25, 0.3) is 0 Å². The van der Waals surface area contributed by atoms with Gasteiger partial charge in [0.15, 0.2) is 0 Å². The summed E-state index contributed by atoms with van der Waals surface area (Å²) in [5.74, 6) is -4.03. The normalized spacial score (nSPS) is 9.90. The Bertz CT molecular complexity index is 649. The molecule has 0 aliphatic heterocycles. The number of nitrogens with zero attached hydrogens (tertiary/aromatic N) is 2. The lowest BCUT2D eigenvalue weighted by Crippen LogP contribution is -2.30. The van der Waals surface area contributed by atoms with Crippen LogP contribution in [0.2, 0.25) is 0 Å². The Morgan fingerprint density at radius 2 is 1.65 bits per heavy atom. The number of halogens is 2. The summed E-state index contributed by atoms with van der Waals surface area (Å²) in [6.45, 7) is 0. The summed E-state index contributed by atoms with van der Waals surface area (Å²) in [7, 11) is 0. The third-order valence-corrected chi connectivity index (χ3v) is 2.18. The maximum Gasteiger partial charge on any atom is 0.316 e. The third-order valence-electron chi connectivity index (χ3n) is 2.18. The van der Waals surface area contributed by atoms with Crippen molar-refractivity contribution in [2.24, 2.45) is 0 Å². The Balaban J connectivity index is 2.03. The second kappa shape index (κ2) is 5.83. The first-order valence-electron chi connectivity index (χ1n) is 5.40. The standard InChI is InChI=1S/C12H8F2N4O2/c13-7-2-3-9(8(14)6-7)17-10(19)11(20)18-12-15-4-1-5-16-12/h1-6H,(H,17,19)(H,15,16,18,20). The largest absolute Gasteiger partial charge is 0.316 e. The average molecular weight is 278 g/mol. The van der Waals surface area contributed by atoms with Crippen molar-refractivity contribution in [3.05, 3.63) is 48.3 Å². The number of aromatic nitrogens is 2. The highest BCUT2D eigenvalue weighted by atomic mass is 19.1. The molecule has 2 aromatic rings. The third kappa shape index (κ3) is 3.31. The summed E-state index contributed by atoms with van der Waals surface area (Å²) in [5, 5.41) is 4.13. The summed E-state index contributed by atoms with van der Waals surface area (Å²) in [4.78, 5) is 30.4. The fraction of sp³-hybridized carbons (Fsp3) is 0. The highest BCUT2D eigenvalue weighted by Crippen LogP contribution is 2.14. The van der Waals surface area contributed by atoms with Crippen LogP contribution in [0.5, 0.6) is 0 Å². The molecule has 0 saturated heterocycles. The van der Waals surface area contributed by atoms with E-state index in [0.29, 0.717) is 6.07 Å². The lowest BCUT2D eigenvalue weighted by Gasteiger charge is -2.06. The first kappa shape index (κ1) is 13.5. The number of hydrogen-bond acceptors (Lipinski definition) is 4. The van der Waals surface area contributed by atoms with Crippen molar-refractivity contribution in [1.29, 1.82) is 0 Å². The van der Waals surface area contributed by atoms with Crippen LogP contribution in [0.1, 0.15) is 0 Å². The molecular weight excluding hydrogens is 270 g/mol. The molecule has 0 aliphatic carbocycles. The van der Waals surface area contributed by atoms with Crippen LogP contribution in [0.15, 0.2) is 36.7 Å². The molecule has 1 aromatic carbocycles. The van der Waals surface area contributed by atoms with Gasteiger partial charge >= 0.3 is 11.8 Å². The molecule has 0 unspecified atom stereocenters. The zero-order valence-electron chi connectivity index (χ0n) is 9.93. The number of amides is 2. The lowest BCUT2D eigenvalue weighted by molar-refractivity contribution is -0.133. The molecule has 8 heteroatoms. The minimum absolute atomic E-state index is 0.0628. The lowest BCUT2D eigenvalue weighted by atomic mass is 10.3. The van der Waals surface area contributed by atoms with Gasteiger partial charge in [-0.2, -0.15) is 0 Å². The summed E-state index contributed by atoms with van der Waals surface area (Å²) in [6, 6.07) is 4.09. The van der Waals surface area contributed by atoms with E-state index in [4.69, 9.17) is 0 Å². The fourth-order valence-electron chi connectivity index (χ4n) is 1.29. The summed E-state index contributed by atoms with van der Waals surface area (Å²) in [6.07, 6.45) is 2.75. The van der Waals surface area contributed by atoms with Crippen LogP contribution in [0, 0.1) is 11.6 Å². The van der Waals surface area contributed by atoms with E-state index in [0.717, 1.165) is 12.1 Å². The van der Waals surface area contributed by atoms with E-state index in [1.807, 2.05) is 5.32 Å². The van der Waals surface area contributed by atoms with Gasteiger partial charge in [0.05, 0.1) is 5.69 Å². The Kier molecular flexibility index (Phi) is 3.94. The fourth-order valence-corrected chi connectivity index (χ4v) is 1.29. The van der Waals surface area contributed by atoms with Crippen molar-refractivity contribution < 1.29 is 18.4 Å². The average Bonchev–Trinajstić information content (AvgIpc) is 2.43. The summed E-state index contributed by atoms with van der Waals surface area (Å²) in [5.41, 5.74) is -0.305. The highest BCUT2D eigenvalue weighted by Gasteiger charge is 2.16. The number of carbonyl (C=O) groups is 2. The van der Waals surface area contributed by atoms with E-state index in [-0.39, 0.29) is 11.6 Å². The zero-order valence-corrected chi connectivity index (χ0v) is 9.93. The number of nitrogens with one attached hydrogen (secondary N) is 2. The predicted molar refractivity (Wildman–Crippen MR) is 65.6 cm³/mol. The van der Waals surface area contributed by atoms with E-state index in [9.17, 15) is 18.4 Å². The second-order valence-corrected chi connectivity index (χ2v) is 3.60. The monoisotopic (exact) mass is 278 g/mol. The number of rotatable bonds is 2. The van der Waals surface area contributed by atoms with E-state index < -0.39 is 23.4 Å². The van der Waals surface area contributed by atoms with Crippen molar-refractivity contribution in [1.82, 2.24) is 9.97 Å². The van der Waals surface area contributed by atoms with Crippen molar-refractivity contribution in [2.45, 2.75) is 0 Å². The van der Waals surface area contributed by atoms with Crippen molar-refractivity contribution in [3.63, 3.8) is 0 Å². The van der Waals surface area contributed by atoms with E-state index in [2.05, 4.69) is 15.3 Å². The molecule has 0 radical (unpaired) electrons. The molecule has 2 rings (SSSR count). The number of benzene rings is 1. The Labute approximate surface area is 111 Å². The van der Waals surface area contributed by atoms with Gasteiger partial charge in [0, 0.05) is 18.5 Å². The number of carbonyl (C=O) groups excluding carboxylic acids is 2. The molecule has 0 saturated carbocycles. The van der Waals surface area contributed by atoms with Gasteiger partial charge in [-0.15, -0.1) is 0 Å². The van der Waals surface area contributed by atoms with Gasteiger partial charge in [0.1, 0.15) is 11.6 Å². The highest BCUT2D eigenvalue weighted by molar-refractivity contribution is 6.43. The molecule has 0 fully saturated rings. The smallest absolute Gasteiger partial charge is 0.315 e. The van der Waals surface area contributed by atoms with Gasteiger partial charge in [-0.05, 0) is 18.2 Å². The molecule has 0 spiro atoms. The Hall–Kier alpha value is -2.90. The first-order chi connectivity index (χ1) is 9.56. The van der Waals surface area contributed by atoms with Gasteiger partial charge < -0.3 is 5.32 Å². The molecule has 20 heavy (non-hydrogen) atoms. The molecule has 2 N–H and O–H groups in total. The van der Waals surface area contributed by atoms with Crippen LogP contribution in [-0.4, -0.2) is 21.8 Å². The molecule has 0 aliphatic rings. The van der Waals surface area contributed by atoms with Crippen molar-refractivity contribution in [2.75, 3.05) is 10.6 Å². The Morgan fingerprint density at radius 1 is 1.00 bits per heavy atom. The predicted octanol–water partition coefficient (Wildman–Crippen LogP) is 1.33. The summed E-state index contributed by atoms with van der Waals surface area (Å²) >= 11 is 0. The number of anilines is 2. The van der Waals surface area contributed by atoms with E-state index >= 15 is 0 Å². The SMILES string of the molecule is O=C(Nc1ncccn1)C(=O)Nc1ccc(F)cc1F. The van der Waals surface area contributed by atoms with Crippen LogP contribution < -0.4 is 10.6 Å². The van der Waals surface area contributed by atoms with Crippen LogP contribution >= 0.6 is 0 Å². The van der Waals surface area contributed by atoms with Crippen LogP contribution in [0.25, 0.3) is 0 Å². The van der Waals surface area contributed by atoms with Crippen LogP contribution in [0.3, 0.4) is 0 Å². The van der Waals surface area contributed by atoms with Crippen molar-refractivity contribution in [3.8, 4) is 0 Å². The minimum Gasteiger partial charge on any atom is -0.315 e. The van der Waals surface area contributed by atoms with Crippen LogP contribution in [0.4, 0.5) is 20.4 Å². The molecule has 0 atom stereocenters. The quantitative estimate of drug-likeness (QED) is 0.812. The van der Waals surface area contributed by atoms with Gasteiger partial charge in [-0.1, -0.05) is 0 Å². The molecule has 0 bridgehead atoms. The van der Waals surface area contributed by atoms with E-state index in [1.165, 1.54) is 18.5 Å². The van der Waals surface area contributed by atoms with E-state index in [1.54, 1.807) is 0 Å². The zero-order chi connectivity index (χ0) is 14.5. The summed E-state index contributed by atoms with van der Waals surface area (Å²) < 4.78 is 26.0. The molecule has 2 amide bonds. The second-order valence-electron chi connectivity index (χ2n) is 3.60. The van der Waals surface area contributed by atoms with Crippen LogP contribution in [-0.2, 0) is 9.59 Å². The van der Waals surface area contributed by atoms with Gasteiger partial charge in [-0.25, -0.2) is 18.7 Å². The minimum atomic E-state index is -1.12. The topological polar surface area (TPSA) is 84.0 Å². The van der Waals surface area contributed by atoms with Gasteiger partial charge in [0.2, 0.25) is 5.95 Å². The molecule has 6 nitrogen and oxygen atoms in total. The van der Waals surface area contributed by atoms with Crippen molar-refractivity contribution >= 4 is 23.5 Å². The molecule has 1 heterocycles. The number of hydrogen-bond donors (Lipinski definition) is 2.